The van der Waals surface area contributed by atoms with Crippen molar-refractivity contribution in [2.24, 2.45) is 5.84 Å². The topological polar surface area (TPSA) is 116 Å². The molecule has 0 atom stereocenters. The number of nitro groups is 1. The molecule has 0 aliphatic rings. The third-order valence-corrected chi connectivity index (χ3v) is 2.73. The number of hydrogen-bond acceptors (Lipinski definition) is 7. The first-order valence-electron chi connectivity index (χ1n) is 5.55. The number of nitrogens with zero attached hydrogens (tertiary/aromatic N) is 3. The van der Waals surface area contributed by atoms with Gasteiger partial charge in [0.15, 0.2) is 0 Å². The number of aromatic nitrogens is 2. The van der Waals surface area contributed by atoms with Crippen molar-refractivity contribution >= 4 is 23.2 Å². The van der Waals surface area contributed by atoms with Gasteiger partial charge in [0.05, 0.1) is 9.95 Å². The molecule has 0 spiro atoms. The lowest BCUT2D eigenvalue weighted by atomic mass is 10.3. The molecule has 0 fully saturated rings. The SMILES string of the molecule is Cc1nc(NN)nc(Oc2ccc(F)cc2Cl)c1[N+](=O)[O-]. The molecular weight excluding hydrogens is 305 g/mol. The highest BCUT2D eigenvalue weighted by molar-refractivity contribution is 6.32. The first kappa shape index (κ1) is 14.9. The quantitative estimate of drug-likeness (QED) is 0.506. The van der Waals surface area contributed by atoms with E-state index in [1.54, 1.807) is 0 Å². The zero-order valence-electron chi connectivity index (χ0n) is 10.6. The molecule has 8 nitrogen and oxygen atoms in total. The summed E-state index contributed by atoms with van der Waals surface area (Å²) in [7, 11) is 0. The number of aryl methyl sites for hydroxylation is 1. The summed E-state index contributed by atoms with van der Waals surface area (Å²) >= 11 is 5.81. The maximum atomic E-state index is 13.0. The summed E-state index contributed by atoms with van der Waals surface area (Å²) in [6, 6.07) is 3.34. The molecule has 0 bridgehead atoms. The van der Waals surface area contributed by atoms with Crippen LogP contribution >= 0.6 is 11.6 Å². The van der Waals surface area contributed by atoms with Crippen LogP contribution in [0.1, 0.15) is 5.69 Å². The van der Waals surface area contributed by atoms with Crippen LogP contribution in [-0.2, 0) is 0 Å². The molecule has 10 heteroatoms. The van der Waals surface area contributed by atoms with E-state index < -0.39 is 16.4 Å². The van der Waals surface area contributed by atoms with E-state index in [0.29, 0.717) is 0 Å². The van der Waals surface area contributed by atoms with Crippen molar-refractivity contribution in [1.82, 2.24) is 9.97 Å². The smallest absolute Gasteiger partial charge is 0.352 e. The fourth-order valence-electron chi connectivity index (χ4n) is 1.55. The Balaban J connectivity index is 2.51. The predicted octanol–water partition coefficient (Wildman–Crippen LogP) is 2.56. The van der Waals surface area contributed by atoms with Crippen LogP contribution in [0.3, 0.4) is 0 Å². The summed E-state index contributed by atoms with van der Waals surface area (Å²) in [5.41, 5.74) is 1.78. The second kappa shape index (κ2) is 5.85. The number of benzene rings is 1. The zero-order valence-corrected chi connectivity index (χ0v) is 11.4. The molecular formula is C11H9ClFN5O3. The second-order valence-corrected chi connectivity index (χ2v) is 4.27. The predicted molar refractivity (Wildman–Crippen MR) is 72.7 cm³/mol. The Morgan fingerprint density at radius 1 is 1.48 bits per heavy atom. The minimum Gasteiger partial charge on any atom is -0.432 e. The van der Waals surface area contributed by atoms with E-state index in [4.69, 9.17) is 22.2 Å². The minimum absolute atomic E-state index is 0.0160. The van der Waals surface area contributed by atoms with Crippen molar-refractivity contribution in [3.05, 3.63) is 44.8 Å². The molecule has 0 unspecified atom stereocenters. The van der Waals surface area contributed by atoms with E-state index in [-0.39, 0.29) is 28.3 Å². The minimum atomic E-state index is -0.692. The van der Waals surface area contributed by atoms with Gasteiger partial charge >= 0.3 is 11.6 Å². The summed E-state index contributed by atoms with van der Waals surface area (Å²) in [6.07, 6.45) is 0. The van der Waals surface area contributed by atoms with Gasteiger partial charge in [-0.2, -0.15) is 4.98 Å². The van der Waals surface area contributed by atoms with Crippen molar-refractivity contribution in [3.63, 3.8) is 0 Å². The summed E-state index contributed by atoms with van der Waals surface area (Å²) in [4.78, 5) is 17.9. The van der Waals surface area contributed by atoms with Crippen LogP contribution < -0.4 is 16.0 Å². The number of ether oxygens (including phenoxy) is 1. The largest absolute Gasteiger partial charge is 0.432 e. The molecule has 0 aliphatic carbocycles. The van der Waals surface area contributed by atoms with E-state index in [1.165, 1.54) is 13.0 Å². The van der Waals surface area contributed by atoms with Crippen LogP contribution in [0.15, 0.2) is 18.2 Å². The van der Waals surface area contributed by atoms with Crippen LogP contribution in [0, 0.1) is 22.9 Å². The van der Waals surface area contributed by atoms with Gasteiger partial charge in [0.1, 0.15) is 17.3 Å². The first-order valence-corrected chi connectivity index (χ1v) is 5.92. The van der Waals surface area contributed by atoms with Crippen LogP contribution in [-0.4, -0.2) is 14.9 Å². The van der Waals surface area contributed by atoms with Gasteiger partial charge < -0.3 is 4.74 Å². The third kappa shape index (κ3) is 3.15. The lowest BCUT2D eigenvalue weighted by Gasteiger charge is -2.09. The van der Waals surface area contributed by atoms with Gasteiger partial charge in [0.25, 0.3) is 0 Å². The average molecular weight is 314 g/mol. The summed E-state index contributed by atoms with van der Waals surface area (Å²) < 4.78 is 18.3. The van der Waals surface area contributed by atoms with Crippen molar-refractivity contribution in [1.29, 1.82) is 0 Å². The zero-order chi connectivity index (χ0) is 15.6. The maximum Gasteiger partial charge on any atom is 0.352 e. The second-order valence-electron chi connectivity index (χ2n) is 3.86. The molecule has 0 saturated heterocycles. The molecule has 0 radical (unpaired) electrons. The maximum absolute atomic E-state index is 13.0. The molecule has 2 rings (SSSR count). The highest BCUT2D eigenvalue weighted by Gasteiger charge is 2.24. The average Bonchev–Trinajstić information content (AvgIpc) is 2.40. The molecule has 1 aromatic heterocycles. The molecule has 1 heterocycles. The molecule has 1 aromatic carbocycles. The summed E-state index contributed by atoms with van der Waals surface area (Å²) in [6.45, 7) is 1.40. The van der Waals surface area contributed by atoms with Gasteiger partial charge in [-0.05, 0) is 25.1 Å². The Kier molecular flexibility index (Phi) is 4.15. The van der Waals surface area contributed by atoms with Gasteiger partial charge in [-0.1, -0.05) is 11.6 Å². The monoisotopic (exact) mass is 313 g/mol. The van der Waals surface area contributed by atoms with Crippen LogP contribution in [0.4, 0.5) is 16.0 Å². The highest BCUT2D eigenvalue weighted by atomic mass is 35.5. The van der Waals surface area contributed by atoms with Gasteiger partial charge in [-0.25, -0.2) is 15.2 Å². The number of nitrogens with one attached hydrogen (secondary N) is 1. The van der Waals surface area contributed by atoms with Crippen molar-refractivity contribution < 1.29 is 14.1 Å². The van der Waals surface area contributed by atoms with Gasteiger partial charge in [-0.3, -0.25) is 15.5 Å². The summed E-state index contributed by atoms with van der Waals surface area (Å²) in [5.74, 6) is 4.22. The Hall–Kier alpha value is -2.52. The molecule has 0 amide bonds. The van der Waals surface area contributed by atoms with Crippen molar-refractivity contribution in [2.75, 3.05) is 5.43 Å². The van der Waals surface area contributed by atoms with Crippen LogP contribution in [0.25, 0.3) is 0 Å². The van der Waals surface area contributed by atoms with E-state index >= 15 is 0 Å². The highest BCUT2D eigenvalue weighted by Crippen LogP contribution is 2.35. The van der Waals surface area contributed by atoms with Crippen molar-refractivity contribution in [2.45, 2.75) is 6.92 Å². The molecule has 0 aliphatic heterocycles. The number of nitrogen functional groups attached to an aromatic ring is 1. The standard InChI is InChI=1S/C11H9ClFN5O3/c1-5-9(18(19)20)10(16-11(15-5)17-14)21-8-3-2-6(13)4-7(8)12/h2-4H,14H2,1H3,(H,15,16,17). The van der Waals surface area contributed by atoms with E-state index in [0.717, 1.165) is 12.1 Å². The van der Waals surface area contributed by atoms with Gasteiger partial charge in [-0.15, -0.1) is 0 Å². The van der Waals surface area contributed by atoms with E-state index in [2.05, 4.69) is 15.4 Å². The summed E-state index contributed by atoms with van der Waals surface area (Å²) in [5, 5.41) is 11.0. The van der Waals surface area contributed by atoms with E-state index in [1.807, 2.05) is 0 Å². The van der Waals surface area contributed by atoms with Crippen molar-refractivity contribution in [3.8, 4) is 11.6 Å². The first-order chi connectivity index (χ1) is 9.92. The number of hydrazine groups is 1. The Bertz CT molecular complexity index is 712. The molecule has 110 valence electrons. The Morgan fingerprint density at radius 3 is 2.76 bits per heavy atom. The Morgan fingerprint density at radius 2 is 2.19 bits per heavy atom. The van der Waals surface area contributed by atoms with E-state index in [9.17, 15) is 14.5 Å². The number of nitrogens with two attached hydrogens (primary N) is 1. The fraction of sp³-hybridized carbons (Fsp3) is 0.0909. The Labute approximate surface area is 122 Å². The number of hydrogen-bond donors (Lipinski definition) is 2. The van der Waals surface area contributed by atoms with Crippen LogP contribution in [0.2, 0.25) is 5.02 Å². The third-order valence-electron chi connectivity index (χ3n) is 2.44. The fourth-order valence-corrected chi connectivity index (χ4v) is 1.75. The molecule has 2 aromatic rings. The van der Waals surface area contributed by atoms with Gasteiger partial charge in [0.2, 0.25) is 5.95 Å². The lowest BCUT2D eigenvalue weighted by Crippen LogP contribution is -2.12. The molecule has 0 saturated carbocycles. The lowest BCUT2D eigenvalue weighted by molar-refractivity contribution is -0.386. The van der Waals surface area contributed by atoms with Gasteiger partial charge in [0, 0.05) is 0 Å². The normalized spacial score (nSPS) is 10.3. The number of halogens is 2. The molecule has 3 N–H and O–H groups in total. The van der Waals surface area contributed by atoms with Crippen LogP contribution in [0.5, 0.6) is 11.6 Å². The number of rotatable bonds is 4. The number of anilines is 1. The molecule has 21 heavy (non-hydrogen) atoms.